The summed E-state index contributed by atoms with van der Waals surface area (Å²) in [6.45, 7) is 0.831. The minimum Gasteiger partial charge on any atom is -0.496 e. The molecule has 45 heavy (non-hydrogen) atoms. The van der Waals surface area contributed by atoms with Crippen molar-refractivity contribution >= 4 is 38.4 Å². The minimum atomic E-state index is -3.80. The molecule has 2 heterocycles. The van der Waals surface area contributed by atoms with Crippen molar-refractivity contribution in [1.82, 2.24) is 9.29 Å². The number of halogens is 2. The monoisotopic (exact) mass is 663 g/mol. The molecule has 2 aliphatic rings. The number of nitrogens with zero attached hydrogens (tertiary/aromatic N) is 4. The fourth-order valence-corrected chi connectivity index (χ4v) is 8.72. The molecule has 0 saturated carbocycles. The predicted octanol–water partition coefficient (Wildman–Crippen LogP) is 4.18. The second kappa shape index (κ2) is 12.0. The Morgan fingerprint density at radius 3 is 2.24 bits per heavy atom. The zero-order chi connectivity index (χ0) is 32.9. The molecular weight excluding hydrogens is 626 g/mol. The third-order valence-corrected chi connectivity index (χ3v) is 11.7. The van der Waals surface area contributed by atoms with Gasteiger partial charge in [-0.25, -0.2) is 22.2 Å². The van der Waals surface area contributed by atoms with Crippen LogP contribution < -0.4 is 9.64 Å². The maximum Gasteiger partial charge on any atom is 0.304 e. The molecule has 10 nitrogen and oxygen atoms in total. The first-order valence-corrected chi connectivity index (χ1v) is 16.8. The van der Waals surface area contributed by atoms with Gasteiger partial charge in [-0.15, -0.1) is 11.3 Å². The van der Waals surface area contributed by atoms with E-state index in [2.05, 4.69) is 26.1 Å². The van der Waals surface area contributed by atoms with Crippen LogP contribution in [0.1, 0.15) is 30.4 Å². The number of methoxy groups -OCH3 is 1. The van der Waals surface area contributed by atoms with Gasteiger partial charge in [0.05, 0.1) is 56.7 Å². The number of fused-ring (bicyclic) bond motifs is 1. The Bertz CT molecular complexity index is 1720. The Hall–Kier alpha value is -3.46. The van der Waals surface area contributed by atoms with Crippen molar-refractivity contribution in [3.05, 3.63) is 58.5 Å². The molecule has 1 aliphatic heterocycles. The third kappa shape index (κ3) is 6.33. The van der Waals surface area contributed by atoms with Crippen molar-refractivity contribution in [2.75, 3.05) is 53.3 Å². The number of sulfonamides is 1. The van der Waals surface area contributed by atoms with Crippen LogP contribution in [-0.4, -0.2) is 93.6 Å². The number of quaternary nitrogens is 1. The van der Waals surface area contributed by atoms with Gasteiger partial charge in [0.2, 0.25) is 15.9 Å². The molecule has 0 atom stereocenters. The number of carboxylic acid groups (broad SMARTS) is 1. The second-order valence-corrected chi connectivity index (χ2v) is 15.5. The molecular formula is C31H37F2N4O6S2+. The van der Waals surface area contributed by atoms with E-state index in [4.69, 9.17) is 4.74 Å². The largest absolute Gasteiger partial charge is 0.496 e. The zero-order valence-corrected chi connectivity index (χ0v) is 27.5. The third-order valence-electron chi connectivity index (χ3n) is 8.93. The standard InChI is InChI=1S/C31H36F2N4O6S2/c1-35(29(40)31(17-28(38)39)15-19-12-24(32)25(33)13-20(19)16-31)30-34-26(18-44-30)23-14-22(6-7-27(23)43-5)45(41,42)36-10-8-21(9-11-36)37(2,3)4/h6-7,12-14,18,21H,8-11,15-17H2,1-5H3/p+1. The number of thiazole rings is 1. The van der Waals surface area contributed by atoms with Gasteiger partial charge >= 0.3 is 5.97 Å². The van der Waals surface area contributed by atoms with E-state index < -0.39 is 45.4 Å². The first-order chi connectivity index (χ1) is 21.1. The lowest BCUT2D eigenvalue weighted by molar-refractivity contribution is -0.897. The van der Waals surface area contributed by atoms with E-state index in [-0.39, 0.29) is 22.9 Å². The van der Waals surface area contributed by atoms with Crippen molar-refractivity contribution in [2.24, 2.45) is 5.41 Å². The summed E-state index contributed by atoms with van der Waals surface area (Å²) < 4.78 is 63.0. The van der Waals surface area contributed by atoms with Gasteiger partial charge in [-0.05, 0) is 54.3 Å². The number of benzene rings is 2. The Kier molecular flexibility index (Phi) is 8.81. The maximum atomic E-state index is 14.0. The van der Waals surface area contributed by atoms with Crippen molar-refractivity contribution < 1.29 is 41.1 Å². The fourth-order valence-electron chi connectivity index (χ4n) is 6.43. The highest BCUT2D eigenvalue weighted by atomic mass is 32.2. The molecule has 1 saturated heterocycles. The normalized spacial score (nSPS) is 17.2. The molecule has 1 fully saturated rings. The number of carbonyl (C=O) groups excluding carboxylic acids is 1. The Morgan fingerprint density at radius 2 is 1.71 bits per heavy atom. The first-order valence-electron chi connectivity index (χ1n) is 14.5. The lowest BCUT2D eigenvalue weighted by Crippen LogP contribution is -2.52. The molecule has 0 unspecified atom stereocenters. The minimum absolute atomic E-state index is 0.0625. The van der Waals surface area contributed by atoms with E-state index >= 15 is 0 Å². The molecule has 242 valence electrons. The van der Waals surface area contributed by atoms with Crippen molar-refractivity contribution in [3.63, 3.8) is 0 Å². The fraction of sp³-hybridized carbons (Fsp3) is 0.452. The number of carbonyl (C=O) groups is 2. The summed E-state index contributed by atoms with van der Waals surface area (Å²) in [5.41, 5.74) is 0.114. The van der Waals surface area contributed by atoms with Gasteiger partial charge in [0, 0.05) is 43.9 Å². The van der Waals surface area contributed by atoms with Gasteiger partial charge in [-0.1, -0.05) is 0 Å². The summed E-state index contributed by atoms with van der Waals surface area (Å²) in [4.78, 5) is 31.7. The summed E-state index contributed by atoms with van der Waals surface area (Å²) >= 11 is 1.12. The number of anilines is 1. The van der Waals surface area contributed by atoms with Gasteiger partial charge in [0.25, 0.3) is 0 Å². The Morgan fingerprint density at radius 1 is 1.11 bits per heavy atom. The van der Waals surface area contributed by atoms with E-state index in [0.717, 1.165) is 40.8 Å². The quantitative estimate of drug-likeness (QED) is 0.342. The number of aromatic nitrogens is 1. The van der Waals surface area contributed by atoms with E-state index in [9.17, 15) is 31.9 Å². The SMILES string of the molecule is COc1ccc(S(=O)(=O)N2CCC([N+](C)(C)C)CC2)cc1-c1csc(N(C)C(=O)C2(CC(=O)O)Cc3cc(F)c(F)cc3C2)n1. The molecule has 2 aromatic carbocycles. The molecule has 1 N–H and O–H groups in total. The van der Waals surface area contributed by atoms with Crippen molar-refractivity contribution in [2.45, 2.75) is 43.0 Å². The zero-order valence-electron chi connectivity index (χ0n) is 25.8. The second-order valence-electron chi connectivity index (χ2n) is 12.7. The van der Waals surface area contributed by atoms with E-state index in [1.807, 2.05) is 0 Å². The number of piperidine rings is 1. The van der Waals surface area contributed by atoms with Crippen molar-refractivity contribution in [3.8, 4) is 17.0 Å². The first kappa shape index (κ1) is 32.9. The lowest BCUT2D eigenvalue weighted by atomic mass is 9.80. The number of rotatable bonds is 9. The van der Waals surface area contributed by atoms with Gasteiger partial charge in [-0.2, -0.15) is 4.31 Å². The smallest absolute Gasteiger partial charge is 0.304 e. The molecule has 0 bridgehead atoms. The maximum absolute atomic E-state index is 14.0. The molecule has 1 amide bonds. The van der Waals surface area contributed by atoms with Gasteiger partial charge < -0.3 is 14.3 Å². The van der Waals surface area contributed by atoms with Crippen LogP contribution in [0.25, 0.3) is 11.3 Å². The molecule has 14 heteroatoms. The van der Waals surface area contributed by atoms with Gasteiger partial charge in [0.15, 0.2) is 16.8 Å². The average molecular weight is 664 g/mol. The molecule has 0 radical (unpaired) electrons. The van der Waals surface area contributed by atoms with E-state index in [0.29, 0.717) is 47.3 Å². The molecule has 0 spiro atoms. The van der Waals surface area contributed by atoms with Crippen LogP contribution in [0.15, 0.2) is 40.6 Å². The van der Waals surface area contributed by atoms with Crippen LogP contribution in [0.2, 0.25) is 0 Å². The topological polar surface area (TPSA) is 117 Å². The Labute approximate surface area is 265 Å². The number of ether oxygens (including phenoxy) is 1. The van der Waals surface area contributed by atoms with E-state index in [1.54, 1.807) is 11.4 Å². The van der Waals surface area contributed by atoms with Crippen LogP contribution in [0.4, 0.5) is 13.9 Å². The van der Waals surface area contributed by atoms with Gasteiger partial charge in [0.1, 0.15) is 5.75 Å². The summed E-state index contributed by atoms with van der Waals surface area (Å²) in [7, 11) is 5.46. The summed E-state index contributed by atoms with van der Waals surface area (Å²) in [6, 6.07) is 7.00. The van der Waals surface area contributed by atoms with Crippen LogP contribution in [-0.2, 0) is 32.5 Å². The van der Waals surface area contributed by atoms with Crippen molar-refractivity contribution in [1.29, 1.82) is 0 Å². The number of carboxylic acids is 1. The summed E-state index contributed by atoms with van der Waals surface area (Å²) in [5, 5.41) is 11.6. The molecule has 1 aliphatic carbocycles. The lowest BCUT2D eigenvalue weighted by Gasteiger charge is -2.39. The number of aliphatic carboxylic acids is 1. The summed E-state index contributed by atoms with van der Waals surface area (Å²) in [5.74, 6) is -3.49. The molecule has 3 aromatic rings. The highest BCUT2D eigenvalue weighted by molar-refractivity contribution is 7.89. The predicted molar refractivity (Wildman–Crippen MR) is 166 cm³/mol. The van der Waals surface area contributed by atoms with Crippen LogP contribution >= 0.6 is 11.3 Å². The van der Waals surface area contributed by atoms with Gasteiger partial charge in [-0.3, -0.25) is 14.5 Å². The van der Waals surface area contributed by atoms with Crippen LogP contribution in [0, 0.1) is 17.0 Å². The van der Waals surface area contributed by atoms with Crippen LogP contribution in [0.3, 0.4) is 0 Å². The van der Waals surface area contributed by atoms with E-state index in [1.165, 1.54) is 35.5 Å². The molecule has 5 rings (SSSR count). The summed E-state index contributed by atoms with van der Waals surface area (Å²) in [6.07, 6.45) is 0.839. The number of hydrogen-bond acceptors (Lipinski definition) is 7. The highest BCUT2D eigenvalue weighted by Crippen LogP contribution is 2.44. The average Bonchev–Trinajstić information content (AvgIpc) is 3.61. The number of amides is 1. The highest BCUT2D eigenvalue weighted by Gasteiger charge is 2.48. The number of hydrogen-bond donors (Lipinski definition) is 1. The van der Waals surface area contributed by atoms with Crippen LogP contribution in [0.5, 0.6) is 5.75 Å². The Balaban J connectivity index is 1.41. The molecule has 1 aromatic heterocycles.